The molecule has 0 bridgehead atoms. The van der Waals surface area contributed by atoms with Crippen LogP contribution in [0.15, 0.2) is 55.0 Å². The lowest BCUT2D eigenvalue weighted by Gasteiger charge is -2.24. The Morgan fingerprint density at radius 2 is 1.96 bits per heavy atom. The maximum absolute atomic E-state index is 10.9. The van der Waals surface area contributed by atoms with Gasteiger partial charge in [-0.2, -0.15) is 0 Å². The summed E-state index contributed by atoms with van der Waals surface area (Å²) in [5.74, 6) is -0.176. The minimum Gasteiger partial charge on any atom is -0.444 e. The molecule has 1 aromatic carbocycles. The zero-order chi connectivity index (χ0) is 18.6. The van der Waals surface area contributed by atoms with E-state index in [4.69, 9.17) is 4.74 Å². The molecule has 0 saturated carbocycles. The predicted octanol–water partition coefficient (Wildman–Crippen LogP) is 2.75. The summed E-state index contributed by atoms with van der Waals surface area (Å²) in [7, 11) is 0. The summed E-state index contributed by atoms with van der Waals surface area (Å²) in [6.45, 7) is 3.36. The van der Waals surface area contributed by atoms with Gasteiger partial charge in [0.2, 0.25) is 0 Å². The summed E-state index contributed by atoms with van der Waals surface area (Å²) < 4.78 is 7.31. The molecule has 0 amide bonds. The van der Waals surface area contributed by atoms with Crippen molar-refractivity contribution in [1.29, 1.82) is 0 Å². The molecular formula is C19H19N5O3. The lowest BCUT2D eigenvalue weighted by molar-refractivity contribution is -0.389. The van der Waals surface area contributed by atoms with Gasteiger partial charge in [-0.1, -0.05) is 30.3 Å². The van der Waals surface area contributed by atoms with Gasteiger partial charge in [0.05, 0.1) is 0 Å². The smallest absolute Gasteiger partial charge is 0.414 e. The van der Waals surface area contributed by atoms with Crippen molar-refractivity contribution in [1.82, 2.24) is 19.4 Å². The molecule has 138 valence electrons. The predicted molar refractivity (Wildman–Crippen MR) is 99.3 cm³/mol. The van der Waals surface area contributed by atoms with Crippen molar-refractivity contribution in [2.45, 2.75) is 13.1 Å². The molecular weight excluding hydrogens is 346 g/mol. The molecule has 0 saturated heterocycles. The molecule has 0 aliphatic carbocycles. The van der Waals surface area contributed by atoms with Gasteiger partial charge in [0.1, 0.15) is 12.8 Å². The van der Waals surface area contributed by atoms with Gasteiger partial charge in [-0.3, -0.25) is 14.5 Å². The van der Waals surface area contributed by atoms with Crippen LogP contribution in [0.5, 0.6) is 6.01 Å². The first-order chi connectivity index (χ1) is 13.2. The second kappa shape index (κ2) is 7.55. The Morgan fingerprint density at radius 1 is 1.11 bits per heavy atom. The molecule has 1 aliphatic rings. The lowest BCUT2D eigenvalue weighted by Crippen LogP contribution is -2.33. The van der Waals surface area contributed by atoms with E-state index in [2.05, 4.69) is 39.1 Å². The van der Waals surface area contributed by atoms with E-state index in [9.17, 15) is 10.1 Å². The molecule has 0 N–H and O–H groups in total. The molecule has 1 aliphatic heterocycles. The standard InChI is InChI=1S/C19H19N5O3/c25-24(26)18-14-23-9-8-22(10-11-27-19(23)21-18)13-15-3-5-16(6-4-15)17-2-1-7-20-12-17/h1-7,12,14H,8-11,13H2. The molecule has 0 atom stereocenters. The maximum atomic E-state index is 10.9. The van der Waals surface area contributed by atoms with Crippen LogP contribution < -0.4 is 4.74 Å². The second-order valence-electron chi connectivity index (χ2n) is 6.40. The number of hydrogen-bond donors (Lipinski definition) is 0. The first-order valence-corrected chi connectivity index (χ1v) is 8.75. The van der Waals surface area contributed by atoms with E-state index < -0.39 is 4.92 Å². The monoisotopic (exact) mass is 365 g/mol. The van der Waals surface area contributed by atoms with Crippen LogP contribution in [0, 0.1) is 10.1 Å². The zero-order valence-corrected chi connectivity index (χ0v) is 14.7. The van der Waals surface area contributed by atoms with Crippen molar-refractivity contribution in [2.75, 3.05) is 19.7 Å². The first-order valence-electron chi connectivity index (χ1n) is 8.75. The van der Waals surface area contributed by atoms with Crippen LogP contribution in [0.25, 0.3) is 11.1 Å². The van der Waals surface area contributed by atoms with Gasteiger partial charge in [-0.25, -0.2) is 0 Å². The summed E-state index contributed by atoms with van der Waals surface area (Å²) in [5.41, 5.74) is 3.44. The van der Waals surface area contributed by atoms with E-state index >= 15 is 0 Å². The maximum Gasteiger partial charge on any atom is 0.414 e. The molecule has 8 heteroatoms. The Morgan fingerprint density at radius 3 is 2.70 bits per heavy atom. The number of nitrogens with zero attached hydrogens (tertiary/aromatic N) is 5. The number of nitro groups is 1. The fourth-order valence-corrected chi connectivity index (χ4v) is 3.13. The van der Waals surface area contributed by atoms with Crippen LogP contribution in [0.4, 0.5) is 5.82 Å². The van der Waals surface area contributed by atoms with Crippen LogP contribution in [-0.4, -0.2) is 44.1 Å². The van der Waals surface area contributed by atoms with Crippen LogP contribution >= 0.6 is 0 Å². The first kappa shape index (κ1) is 17.2. The molecule has 0 radical (unpaired) electrons. The molecule has 2 aromatic heterocycles. The van der Waals surface area contributed by atoms with Gasteiger partial charge >= 0.3 is 11.8 Å². The van der Waals surface area contributed by atoms with Gasteiger partial charge in [0, 0.05) is 43.6 Å². The lowest BCUT2D eigenvalue weighted by atomic mass is 10.1. The Balaban J connectivity index is 1.42. The normalized spacial score (nSPS) is 14.7. The van der Waals surface area contributed by atoms with Gasteiger partial charge in [-0.15, -0.1) is 0 Å². The molecule has 3 aromatic rings. The molecule has 4 rings (SSSR count). The number of imidazole rings is 1. The highest BCUT2D eigenvalue weighted by Gasteiger charge is 2.22. The second-order valence-corrected chi connectivity index (χ2v) is 6.40. The largest absolute Gasteiger partial charge is 0.444 e. The molecule has 0 unspecified atom stereocenters. The molecule has 0 spiro atoms. The van der Waals surface area contributed by atoms with Crippen LogP contribution in [0.3, 0.4) is 0 Å². The number of rotatable bonds is 4. The topological polar surface area (TPSA) is 86.3 Å². The minimum absolute atomic E-state index is 0.176. The van der Waals surface area contributed by atoms with Crippen molar-refractivity contribution in [2.24, 2.45) is 0 Å². The number of benzene rings is 1. The SMILES string of the molecule is O=[N+]([O-])c1cn2c(n1)OCCN(Cc1ccc(-c3cccnc3)cc1)CC2. The zero-order valence-electron chi connectivity index (χ0n) is 14.7. The van der Waals surface area contributed by atoms with Gasteiger partial charge < -0.3 is 14.9 Å². The third-order valence-corrected chi connectivity index (χ3v) is 4.57. The molecule has 27 heavy (non-hydrogen) atoms. The average molecular weight is 365 g/mol. The summed E-state index contributed by atoms with van der Waals surface area (Å²) in [6, 6.07) is 12.7. The number of fused-ring (bicyclic) bond motifs is 1. The Bertz CT molecular complexity index is 924. The number of pyridine rings is 1. The van der Waals surface area contributed by atoms with Crippen molar-refractivity contribution in [3.05, 3.63) is 70.7 Å². The summed E-state index contributed by atoms with van der Waals surface area (Å²) in [5, 5.41) is 10.9. The van der Waals surface area contributed by atoms with Crippen molar-refractivity contribution >= 4 is 5.82 Å². The fourth-order valence-electron chi connectivity index (χ4n) is 3.13. The highest BCUT2D eigenvalue weighted by Crippen LogP contribution is 2.21. The number of ether oxygens (including phenoxy) is 1. The fraction of sp³-hybridized carbons (Fsp3) is 0.263. The summed E-state index contributed by atoms with van der Waals surface area (Å²) in [6.07, 6.45) is 5.05. The van der Waals surface area contributed by atoms with E-state index in [1.807, 2.05) is 18.3 Å². The Hall–Kier alpha value is -3.26. The van der Waals surface area contributed by atoms with Crippen LogP contribution in [0.1, 0.15) is 5.56 Å². The van der Waals surface area contributed by atoms with Crippen molar-refractivity contribution in [3.8, 4) is 17.1 Å². The van der Waals surface area contributed by atoms with Crippen molar-refractivity contribution < 1.29 is 9.66 Å². The number of hydrogen-bond acceptors (Lipinski definition) is 6. The van der Waals surface area contributed by atoms with Crippen molar-refractivity contribution in [3.63, 3.8) is 0 Å². The van der Waals surface area contributed by atoms with E-state index in [1.54, 1.807) is 10.8 Å². The van der Waals surface area contributed by atoms with Crippen LogP contribution in [0.2, 0.25) is 0 Å². The minimum atomic E-state index is -0.497. The van der Waals surface area contributed by atoms with Gasteiger partial charge in [0.15, 0.2) is 0 Å². The average Bonchev–Trinajstić information content (AvgIpc) is 3.08. The molecule has 8 nitrogen and oxygen atoms in total. The number of aromatic nitrogens is 3. The highest BCUT2D eigenvalue weighted by atomic mass is 16.6. The third kappa shape index (κ3) is 3.95. The quantitative estimate of drug-likeness (QED) is 0.522. The van der Waals surface area contributed by atoms with Crippen LogP contribution in [-0.2, 0) is 13.1 Å². The molecule has 0 fully saturated rings. The van der Waals surface area contributed by atoms with E-state index in [-0.39, 0.29) is 5.82 Å². The highest BCUT2D eigenvalue weighted by molar-refractivity contribution is 5.62. The van der Waals surface area contributed by atoms with Gasteiger partial charge in [-0.05, 0) is 27.7 Å². The summed E-state index contributed by atoms with van der Waals surface area (Å²) >= 11 is 0. The Kier molecular flexibility index (Phi) is 4.80. The van der Waals surface area contributed by atoms with E-state index in [0.717, 1.165) is 30.8 Å². The molecule has 3 heterocycles. The summed E-state index contributed by atoms with van der Waals surface area (Å²) in [4.78, 5) is 20.7. The Labute approximate surface area is 156 Å². The van der Waals surface area contributed by atoms with Gasteiger partial charge in [0.25, 0.3) is 0 Å². The van der Waals surface area contributed by atoms with E-state index in [0.29, 0.717) is 19.2 Å². The van der Waals surface area contributed by atoms with E-state index in [1.165, 1.54) is 11.8 Å². The third-order valence-electron chi connectivity index (χ3n) is 4.57.